The zero-order chi connectivity index (χ0) is 18.5. The third-order valence-electron chi connectivity index (χ3n) is 3.76. The predicted octanol–water partition coefficient (Wildman–Crippen LogP) is 4.18. The molecular weight excluding hydrogens is 357 g/mol. The monoisotopic (exact) mass is 373 g/mol. The van der Waals surface area contributed by atoms with Crippen molar-refractivity contribution in [2.75, 3.05) is 7.11 Å². The normalized spacial score (nSPS) is 11.8. The van der Waals surface area contributed by atoms with Crippen LogP contribution in [0.4, 0.5) is 4.39 Å². The van der Waals surface area contributed by atoms with Crippen molar-refractivity contribution in [3.63, 3.8) is 0 Å². The van der Waals surface area contributed by atoms with Crippen LogP contribution in [0, 0.1) is 5.82 Å². The Morgan fingerprint density at radius 1 is 1.19 bits per heavy atom. The average molecular weight is 373 g/mol. The Morgan fingerprint density at radius 2 is 2.00 bits per heavy atom. The van der Waals surface area contributed by atoms with Gasteiger partial charge in [0, 0.05) is 4.88 Å². The Balaban J connectivity index is 1.78. The van der Waals surface area contributed by atoms with Crippen LogP contribution in [0.25, 0.3) is 11.3 Å². The van der Waals surface area contributed by atoms with Gasteiger partial charge >= 0.3 is 5.97 Å². The Morgan fingerprint density at radius 3 is 2.69 bits per heavy atom. The summed E-state index contributed by atoms with van der Waals surface area (Å²) < 4.78 is 24.0. The minimum absolute atomic E-state index is 0.00360. The highest BCUT2D eigenvalue weighted by Crippen LogP contribution is 2.26. The van der Waals surface area contributed by atoms with Gasteiger partial charge in [0.2, 0.25) is 0 Å². The van der Waals surface area contributed by atoms with Crippen LogP contribution in [0.5, 0.6) is 0 Å². The molecule has 1 N–H and O–H groups in total. The van der Waals surface area contributed by atoms with Gasteiger partial charge in [-0.1, -0.05) is 18.2 Å². The fourth-order valence-electron chi connectivity index (χ4n) is 2.46. The zero-order valence-corrected chi connectivity index (χ0v) is 14.7. The van der Waals surface area contributed by atoms with Crippen molar-refractivity contribution in [3.05, 3.63) is 70.4 Å². The number of furan rings is 1. The van der Waals surface area contributed by atoms with E-state index < -0.39 is 23.7 Å². The number of nitrogens with one attached hydrogen (secondary N) is 1. The maximum absolute atomic E-state index is 13.9. The molecule has 1 amide bonds. The zero-order valence-electron chi connectivity index (χ0n) is 13.9. The van der Waals surface area contributed by atoms with Gasteiger partial charge in [-0.2, -0.15) is 0 Å². The standard InChI is InChI=1S/C19H16FNO4S/c1-24-18(22)11-14(17-7-4-10-26-17)21-19(23)16-9-8-15(25-16)12-5-2-3-6-13(12)20/h2-10,14H,11H2,1H3,(H,21,23). The summed E-state index contributed by atoms with van der Waals surface area (Å²) in [5.74, 6) is -1.07. The van der Waals surface area contributed by atoms with Gasteiger partial charge in [0.25, 0.3) is 5.91 Å². The predicted molar refractivity (Wildman–Crippen MR) is 95.3 cm³/mol. The Labute approximate surface area is 153 Å². The second-order valence-electron chi connectivity index (χ2n) is 5.47. The molecule has 0 aliphatic rings. The van der Waals surface area contributed by atoms with Crippen molar-refractivity contribution < 1.29 is 23.1 Å². The van der Waals surface area contributed by atoms with Crippen molar-refractivity contribution in [3.8, 4) is 11.3 Å². The van der Waals surface area contributed by atoms with Gasteiger partial charge in [-0.05, 0) is 35.7 Å². The third-order valence-corrected chi connectivity index (χ3v) is 4.75. The Hall–Kier alpha value is -2.93. The second kappa shape index (κ2) is 7.97. The molecule has 0 saturated carbocycles. The molecule has 0 saturated heterocycles. The number of hydrogen-bond acceptors (Lipinski definition) is 5. The number of carbonyl (C=O) groups is 2. The number of ether oxygens (including phenoxy) is 1. The molecule has 3 aromatic rings. The smallest absolute Gasteiger partial charge is 0.307 e. The van der Waals surface area contributed by atoms with Crippen LogP contribution in [0.1, 0.15) is 27.9 Å². The first-order valence-electron chi connectivity index (χ1n) is 7.84. The molecule has 0 radical (unpaired) electrons. The van der Waals surface area contributed by atoms with E-state index in [0.717, 1.165) is 4.88 Å². The molecule has 0 aliphatic heterocycles. The average Bonchev–Trinajstić information content (AvgIpc) is 3.33. The van der Waals surface area contributed by atoms with E-state index in [1.165, 1.54) is 36.6 Å². The number of amides is 1. The van der Waals surface area contributed by atoms with E-state index >= 15 is 0 Å². The lowest BCUT2D eigenvalue weighted by Gasteiger charge is -2.15. The van der Waals surface area contributed by atoms with E-state index in [2.05, 4.69) is 5.32 Å². The van der Waals surface area contributed by atoms with Gasteiger partial charge < -0.3 is 14.5 Å². The molecule has 1 unspecified atom stereocenters. The summed E-state index contributed by atoms with van der Waals surface area (Å²) >= 11 is 1.42. The number of rotatable bonds is 6. The summed E-state index contributed by atoms with van der Waals surface area (Å²) in [5.41, 5.74) is 0.274. The highest BCUT2D eigenvalue weighted by Gasteiger charge is 2.22. The van der Waals surface area contributed by atoms with Gasteiger partial charge in [0.15, 0.2) is 5.76 Å². The summed E-state index contributed by atoms with van der Waals surface area (Å²) in [5, 5.41) is 4.62. The summed E-state index contributed by atoms with van der Waals surface area (Å²) in [6.45, 7) is 0. The first-order valence-corrected chi connectivity index (χ1v) is 8.72. The quantitative estimate of drug-likeness (QED) is 0.658. The summed E-state index contributed by atoms with van der Waals surface area (Å²) in [6.07, 6.45) is 0.00360. The summed E-state index contributed by atoms with van der Waals surface area (Å²) in [4.78, 5) is 25.0. The third kappa shape index (κ3) is 4.00. The molecule has 26 heavy (non-hydrogen) atoms. The Bertz CT molecular complexity index is 904. The van der Waals surface area contributed by atoms with Crippen LogP contribution in [0.15, 0.2) is 58.3 Å². The molecule has 7 heteroatoms. The summed E-state index contributed by atoms with van der Waals surface area (Å²) in [6, 6.07) is 12.3. The van der Waals surface area contributed by atoms with Crippen molar-refractivity contribution in [1.29, 1.82) is 0 Å². The SMILES string of the molecule is COC(=O)CC(NC(=O)c1ccc(-c2ccccc2F)o1)c1cccs1. The number of halogens is 1. The largest absolute Gasteiger partial charge is 0.469 e. The fourth-order valence-corrected chi connectivity index (χ4v) is 3.24. The number of thiophene rings is 1. The fraction of sp³-hybridized carbons (Fsp3) is 0.158. The molecule has 1 atom stereocenters. The minimum Gasteiger partial charge on any atom is -0.469 e. The van der Waals surface area contributed by atoms with Crippen LogP contribution < -0.4 is 5.32 Å². The molecule has 134 valence electrons. The number of esters is 1. The minimum atomic E-state index is -0.531. The van der Waals surface area contributed by atoms with Gasteiger partial charge in [-0.15, -0.1) is 11.3 Å². The van der Waals surface area contributed by atoms with Crippen molar-refractivity contribution in [2.24, 2.45) is 0 Å². The van der Waals surface area contributed by atoms with E-state index in [-0.39, 0.29) is 23.5 Å². The molecule has 0 spiro atoms. The molecule has 0 bridgehead atoms. The van der Waals surface area contributed by atoms with Crippen LogP contribution >= 0.6 is 11.3 Å². The lowest BCUT2D eigenvalue weighted by atomic mass is 10.1. The van der Waals surface area contributed by atoms with Gasteiger partial charge in [-0.25, -0.2) is 4.39 Å². The first kappa shape index (κ1) is 17.9. The molecule has 0 aliphatic carbocycles. The molecule has 3 rings (SSSR count). The number of benzene rings is 1. The van der Waals surface area contributed by atoms with E-state index in [4.69, 9.17) is 9.15 Å². The lowest BCUT2D eigenvalue weighted by molar-refractivity contribution is -0.141. The first-order chi connectivity index (χ1) is 12.6. The number of carbonyl (C=O) groups excluding carboxylic acids is 2. The van der Waals surface area contributed by atoms with Crippen LogP contribution in [0.2, 0.25) is 0 Å². The topological polar surface area (TPSA) is 68.5 Å². The van der Waals surface area contributed by atoms with Crippen molar-refractivity contribution in [1.82, 2.24) is 5.32 Å². The van der Waals surface area contributed by atoms with E-state index in [9.17, 15) is 14.0 Å². The molecule has 5 nitrogen and oxygen atoms in total. The highest BCUT2D eigenvalue weighted by molar-refractivity contribution is 7.10. The van der Waals surface area contributed by atoms with Crippen LogP contribution in [-0.4, -0.2) is 19.0 Å². The number of hydrogen-bond donors (Lipinski definition) is 1. The van der Waals surface area contributed by atoms with Crippen molar-refractivity contribution >= 4 is 23.2 Å². The van der Waals surface area contributed by atoms with Gasteiger partial charge in [0.05, 0.1) is 25.1 Å². The maximum Gasteiger partial charge on any atom is 0.307 e. The van der Waals surface area contributed by atoms with E-state index in [1.807, 2.05) is 17.5 Å². The van der Waals surface area contributed by atoms with Gasteiger partial charge in [-0.3, -0.25) is 9.59 Å². The molecule has 2 aromatic heterocycles. The van der Waals surface area contributed by atoms with E-state index in [0.29, 0.717) is 0 Å². The maximum atomic E-state index is 13.9. The second-order valence-corrected chi connectivity index (χ2v) is 6.44. The summed E-state index contributed by atoms with van der Waals surface area (Å²) in [7, 11) is 1.29. The highest BCUT2D eigenvalue weighted by atomic mass is 32.1. The lowest BCUT2D eigenvalue weighted by Crippen LogP contribution is -2.29. The molecule has 0 fully saturated rings. The molecular formula is C19H16FNO4S. The van der Waals surface area contributed by atoms with E-state index in [1.54, 1.807) is 18.2 Å². The molecule has 1 aromatic carbocycles. The van der Waals surface area contributed by atoms with Crippen LogP contribution in [0.3, 0.4) is 0 Å². The van der Waals surface area contributed by atoms with Gasteiger partial charge in [0.1, 0.15) is 11.6 Å². The molecule has 2 heterocycles. The number of methoxy groups -OCH3 is 1. The van der Waals surface area contributed by atoms with Crippen molar-refractivity contribution in [2.45, 2.75) is 12.5 Å². The Kier molecular flexibility index (Phi) is 5.48. The van der Waals surface area contributed by atoms with Crippen LogP contribution in [-0.2, 0) is 9.53 Å².